The fourth-order valence-electron chi connectivity index (χ4n) is 2.29. The summed E-state index contributed by atoms with van der Waals surface area (Å²) in [6.45, 7) is 3.84. The maximum Gasteiger partial charge on any atom is 0.257 e. The molecule has 27 heavy (non-hydrogen) atoms. The van der Waals surface area contributed by atoms with Crippen molar-refractivity contribution in [1.82, 2.24) is 5.32 Å². The van der Waals surface area contributed by atoms with E-state index in [1.54, 1.807) is 24.3 Å². The summed E-state index contributed by atoms with van der Waals surface area (Å²) in [7, 11) is -3.49. The van der Waals surface area contributed by atoms with Gasteiger partial charge in [-0.15, -0.1) is 0 Å². The number of halogens is 1. The third-order valence-corrected chi connectivity index (χ3v) is 5.46. The maximum absolute atomic E-state index is 12.6. The smallest absolute Gasteiger partial charge is 0.257 e. The molecule has 0 unspecified atom stereocenters. The Kier molecular flexibility index (Phi) is 6.62. The molecule has 2 N–H and O–H groups in total. The quantitative estimate of drug-likeness (QED) is 0.764. The lowest BCUT2D eigenvalue weighted by Gasteiger charge is -2.15. The second-order valence-electron chi connectivity index (χ2n) is 6.20. The van der Waals surface area contributed by atoms with Gasteiger partial charge < -0.3 is 10.6 Å². The van der Waals surface area contributed by atoms with Gasteiger partial charge in [-0.25, -0.2) is 8.42 Å². The predicted molar refractivity (Wildman–Crippen MR) is 106 cm³/mol. The van der Waals surface area contributed by atoms with Crippen molar-refractivity contribution in [2.45, 2.75) is 31.2 Å². The lowest BCUT2D eigenvalue weighted by Crippen LogP contribution is -2.32. The summed E-state index contributed by atoms with van der Waals surface area (Å²) in [5.74, 6) is -0.912. The van der Waals surface area contributed by atoms with Crippen LogP contribution in [0.2, 0.25) is 5.02 Å². The molecular formula is C19H21ClN2O4S. The van der Waals surface area contributed by atoms with Gasteiger partial charge in [0.15, 0.2) is 9.84 Å². The fourth-order valence-corrected chi connectivity index (χ4v) is 3.14. The minimum atomic E-state index is -3.49. The number of nitrogens with one attached hydrogen (secondary N) is 2. The molecule has 2 aromatic carbocycles. The molecule has 2 amide bonds. The largest absolute Gasteiger partial charge is 0.350 e. The molecular weight excluding hydrogens is 388 g/mol. The molecule has 0 radical (unpaired) electrons. The Morgan fingerprint density at radius 2 is 1.74 bits per heavy atom. The van der Waals surface area contributed by atoms with Gasteiger partial charge in [0.25, 0.3) is 11.8 Å². The van der Waals surface area contributed by atoms with Crippen LogP contribution in [0, 0.1) is 0 Å². The molecule has 0 aromatic heterocycles. The number of hydrogen-bond donors (Lipinski definition) is 2. The van der Waals surface area contributed by atoms with Crippen molar-refractivity contribution in [3.8, 4) is 0 Å². The zero-order valence-electron chi connectivity index (χ0n) is 15.2. The Labute approximate surface area is 163 Å². The van der Waals surface area contributed by atoms with Gasteiger partial charge in [0.05, 0.1) is 26.7 Å². The summed E-state index contributed by atoms with van der Waals surface area (Å²) in [4.78, 5) is 25.1. The van der Waals surface area contributed by atoms with Crippen LogP contribution in [0.1, 0.15) is 41.0 Å². The Morgan fingerprint density at radius 1 is 1.07 bits per heavy atom. The van der Waals surface area contributed by atoms with Crippen molar-refractivity contribution in [2.75, 3.05) is 11.6 Å². The van der Waals surface area contributed by atoms with E-state index >= 15 is 0 Å². The van der Waals surface area contributed by atoms with Crippen LogP contribution in [0.4, 0.5) is 5.69 Å². The molecule has 2 aromatic rings. The van der Waals surface area contributed by atoms with Crippen molar-refractivity contribution in [1.29, 1.82) is 0 Å². The number of anilines is 1. The van der Waals surface area contributed by atoms with Gasteiger partial charge in [-0.2, -0.15) is 0 Å². The van der Waals surface area contributed by atoms with Crippen molar-refractivity contribution in [3.05, 3.63) is 58.6 Å². The molecule has 0 aliphatic carbocycles. The van der Waals surface area contributed by atoms with E-state index in [-0.39, 0.29) is 27.4 Å². The number of rotatable bonds is 6. The van der Waals surface area contributed by atoms with Crippen molar-refractivity contribution in [2.24, 2.45) is 0 Å². The summed E-state index contributed by atoms with van der Waals surface area (Å²) >= 11 is 6.06. The number of carbonyl (C=O) groups is 2. The number of hydrogen-bond acceptors (Lipinski definition) is 4. The number of carbonyl (C=O) groups excluding carboxylic acids is 2. The molecule has 0 aliphatic heterocycles. The average Bonchev–Trinajstić information content (AvgIpc) is 2.61. The highest BCUT2D eigenvalue weighted by Gasteiger charge is 2.18. The lowest BCUT2D eigenvalue weighted by molar-refractivity contribution is 0.0940. The third-order valence-electron chi connectivity index (χ3n) is 4.02. The molecule has 0 aliphatic rings. The second-order valence-corrected chi connectivity index (χ2v) is 8.62. The summed E-state index contributed by atoms with van der Waals surface area (Å²) in [5.41, 5.74) is 0.627. The van der Waals surface area contributed by atoms with Crippen LogP contribution in [0.25, 0.3) is 0 Å². The zero-order valence-corrected chi connectivity index (χ0v) is 16.8. The molecule has 0 heterocycles. The molecule has 144 valence electrons. The first-order chi connectivity index (χ1) is 12.6. The number of amides is 2. The van der Waals surface area contributed by atoms with Crippen LogP contribution < -0.4 is 10.6 Å². The topological polar surface area (TPSA) is 92.3 Å². The second kappa shape index (κ2) is 8.54. The Bertz CT molecular complexity index is 973. The molecule has 8 heteroatoms. The minimum Gasteiger partial charge on any atom is -0.350 e. The minimum absolute atomic E-state index is 0.0109. The zero-order chi connectivity index (χ0) is 20.2. The molecule has 1 atom stereocenters. The highest BCUT2D eigenvalue weighted by molar-refractivity contribution is 7.90. The first-order valence-electron chi connectivity index (χ1n) is 8.34. The average molecular weight is 409 g/mol. The summed E-state index contributed by atoms with van der Waals surface area (Å²) < 4.78 is 23.4. The summed E-state index contributed by atoms with van der Waals surface area (Å²) in [5, 5.41) is 5.60. The first-order valence-corrected chi connectivity index (χ1v) is 10.6. The van der Waals surface area contributed by atoms with Gasteiger partial charge in [0, 0.05) is 12.3 Å². The molecule has 6 nitrogen and oxygen atoms in total. The van der Waals surface area contributed by atoms with Gasteiger partial charge in [-0.1, -0.05) is 30.7 Å². The highest BCUT2D eigenvalue weighted by atomic mass is 35.5. The Morgan fingerprint density at radius 3 is 2.37 bits per heavy atom. The maximum atomic E-state index is 12.6. The molecule has 0 fully saturated rings. The van der Waals surface area contributed by atoms with Crippen molar-refractivity contribution < 1.29 is 18.0 Å². The van der Waals surface area contributed by atoms with Gasteiger partial charge in [-0.3, -0.25) is 9.59 Å². The lowest BCUT2D eigenvalue weighted by atomic mass is 10.1. The Hall–Kier alpha value is -2.38. The number of benzene rings is 2. The summed E-state index contributed by atoms with van der Waals surface area (Å²) in [6, 6.07) is 10.5. The van der Waals surface area contributed by atoms with Crippen LogP contribution >= 0.6 is 11.6 Å². The molecule has 0 saturated carbocycles. The van der Waals surface area contributed by atoms with E-state index in [4.69, 9.17) is 11.6 Å². The van der Waals surface area contributed by atoms with E-state index in [1.165, 1.54) is 18.2 Å². The van der Waals surface area contributed by atoms with Crippen LogP contribution in [-0.2, 0) is 9.84 Å². The van der Waals surface area contributed by atoms with E-state index in [0.717, 1.165) is 12.7 Å². The SMILES string of the molecule is CC[C@H](C)NC(=O)c1ccccc1NC(=O)c1cc(S(C)(=O)=O)ccc1Cl. The number of sulfone groups is 1. The van der Waals surface area contributed by atoms with E-state index in [9.17, 15) is 18.0 Å². The predicted octanol–water partition coefficient (Wildman–Crippen LogP) is 3.52. The molecule has 0 bridgehead atoms. The van der Waals surface area contributed by atoms with E-state index in [2.05, 4.69) is 10.6 Å². The van der Waals surface area contributed by atoms with Gasteiger partial charge in [0.1, 0.15) is 0 Å². The van der Waals surface area contributed by atoms with Crippen molar-refractivity contribution >= 4 is 38.9 Å². The standard InChI is InChI=1S/C19H21ClN2O4S/c1-4-12(2)21-18(23)14-7-5-6-8-17(14)22-19(24)15-11-13(27(3,25)26)9-10-16(15)20/h5-12H,4H2,1-3H3,(H,21,23)(H,22,24)/t12-/m0/s1. The Balaban J connectivity index is 2.33. The van der Waals surface area contributed by atoms with E-state index < -0.39 is 15.7 Å². The van der Waals surface area contributed by atoms with Crippen LogP contribution in [0.5, 0.6) is 0 Å². The van der Waals surface area contributed by atoms with Crippen LogP contribution in [-0.4, -0.2) is 32.5 Å². The van der Waals surface area contributed by atoms with Gasteiger partial charge in [-0.05, 0) is 43.7 Å². The molecule has 2 rings (SSSR count). The van der Waals surface area contributed by atoms with Crippen molar-refractivity contribution in [3.63, 3.8) is 0 Å². The van der Waals surface area contributed by atoms with Crippen LogP contribution in [0.3, 0.4) is 0 Å². The van der Waals surface area contributed by atoms with E-state index in [0.29, 0.717) is 11.3 Å². The molecule has 0 saturated heterocycles. The van der Waals surface area contributed by atoms with Gasteiger partial charge in [0.2, 0.25) is 0 Å². The fraction of sp³-hybridized carbons (Fsp3) is 0.263. The normalized spacial score (nSPS) is 12.3. The third kappa shape index (κ3) is 5.30. The summed E-state index contributed by atoms with van der Waals surface area (Å²) in [6.07, 6.45) is 1.82. The van der Waals surface area contributed by atoms with Gasteiger partial charge >= 0.3 is 0 Å². The number of para-hydroxylation sites is 1. The first kappa shape index (κ1) is 20.9. The molecule has 0 spiro atoms. The van der Waals surface area contributed by atoms with E-state index in [1.807, 2.05) is 13.8 Å². The highest BCUT2D eigenvalue weighted by Crippen LogP contribution is 2.23. The van der Waals surface area contributed by atoms with Crippen LogP contribution in [0.15, 0.2) is 47.4 Å². The monoisotopic (exact) mass is 408 g/mol.